The van der Waals surface area contributed by atoms with E-state index in [-0.39, 0.29) is 5.57 Å². The highest BCUT2D eigenvalue weighted by Crippen LogP contribution is 2.36. The molecular weight excluding hydrogens is 651 g/mol. The van der Waals surface area contributed by atoms with Crippen LogP contribution in [0, 0.1) is 21.8 Å². The number of nitrogens with one attached hydrogen (secondary N) is 1. The van der Waals surface area contributed by atoms with Crippen LogP contribution in [0.25, 0.3) is 16.8 Å². The molecule has 0 atom stereocenters. The Balaban J connectivity index is 1.28. The van der Waals surface area contributed by atoms with Gasteiger partial charge in [0.15, 0.2) is 11.5 Å². The number of benzene rings is 5. The molecule has 0 bridgehead atoms. The van der Waals surface area contributed by atoms with Gasteiger partial charge in [0.1, 0.15) is 30.6 Å². The number of carbonyl (C=O) groups is 1. The molecule has 1 amide bonds. The largest absolute Gasteiger partial charge is 0.493 e. The van der Waals surface area contributed by atoms with Crippen molar-refractivity contribution in [1.82, 2.24) is 0 Å². The molecule has 1 N–H and O–H groups in total. The summed E-state index contributed by atoms with van der Waals surface area (Å²) >= 11 is 2.18. The Hall–Kier alpha value is -4.81. The predicted molar refractivity (Wildman–Crippen MR) is 178 cm³/mol. The van der Waals surface area contributed by atoms with E-state index in [2.05, 4.69) is 59.1 Å². The van der Waals surface area contributed by atoms with E-state index in [1.807, 2.05) is 54.6 Å². The molecule has 5 rings (SSSR count). The monoisotopic (exact) mass is 680 g/mol. The minimum Gasteiger partial charge on any atom is -0.493 e. The van der Waals surface area contributed by atoms with Gasteiger partial charge in [0.25, 0.3) is 5.91 Å². The Morgan fingerprint density at radius 3 is 2.40 bits per heavy atom. The van der Waals surface area contributed by atoms with Crippen molar-refractivity contribution in [3.05, 3.63) is 135 Å². The standard InChI is InChI=1S/C36H29IN2O4/c1-24-12-13-27-10-6-7-11-31(27)32(24)23-43-35-33(37)19-26(20-34(35)41-2)18-28(21-38)36(40)39-29-14-16-30(17-15-29)42-22-25-8-4-3-5-9-25/h3-20H,22-23H2,1-2H3,(H,39,40)/b28-18+. The van der Waals surface area contributed by atoms with Gasteiger partial charge in [0, 0.05) is 11.3 Å². The molecular formula is C36H29IN2O4. The number of aryl methyl sites for hydroxylation is 1. The summed E-state index contributed by atoms with van der Waals surface area (Å²) < 4.78 is 18.5. The Kier molecular flexibility index (Phi) is 9.59. The van der Waals surface area contributed by atoms with E-state index in [0.29, 0.717) is 41.7 Å². The van der Waals surface area contributed by atoms with Crippen molar-refractivity contribution in [3.63, 3.8) is 0 Å². The highest BCUT2D eigenvalue weighted by molar-refractivity contribution is 14.1. The zero-order valence-corrected chi connectivity index (χ0v) is 25.9. The van der Waals surface area contributed by atoms with Crippen molar-refractivity contribution in [2.24, 2.45) is 0 Å². The van der Waals surface area contributed by atoms with E-state index < -0.39 is 5.91 Å². The number of nitriles is 1. The summed E-state index contributed by atoms with van der Waals surface area (Å²) in [7, 11) is 1.57. The van der Waals surface area contributed by atoms with E-state index in [1.165, 1.54) is 6.08 Å². The van der Waals surface area contributed by atoms with Crippen LogP contribution in [-0.4, -0.2) is 13.0 Å². The van der Waals surface area contributed by atoms with Gasteiger partial charge in [-0.25, -0.2) is 0 Å². The lowest BCUT2D eigenvalue weighted by Gasteiger charge is -2.16. The van der Waals surface area contributed by atoms with Crippen LogP contribution in [0.5, 0.6) is 17.2 Å². The Morgan fingerprint density at radius 1 is 0.907 bits per heavy atom. The molecule has 6 nitrogen and oxygen atoms in total. The van der Waals surface area contributed by atoms with Crippen LogP contribution in [0.1, 0.15) is 22.3 Å². The van der Waals surface area contributed by atoms with Gasteiger partial charge in [-0.15, -0.1) is 0 Å². The van der Waals surface area contributed by atoms with Crippen LogP contribution < -0.4 is 19.5 Å². The molecule has 0 aliphatic carbocycles. The van der Waals surface area contributed by atoms with Gasteiger partial charge in [0.2, 0.25) is 0 Å². The lowest BCUT2D eigenvalue weighted by Crippen LogP contribution is -2.13. The molecule has 5 aromatic rings. The summed E-state index contributed by atoms with van der Waals surface area (Å²) in [6, 6.07) is 35.0. The molecule has 0 unspecified atom stereocenters. The van der Waals surface area contributed by atoms with Crippen molar-refractivity contribution < 1.29 is 19.0 Å². The highest BCUT2D eigenvalue weighted by atomic mass is 127. The maximum Gasteiger partial charge on any atom is 0.266 e. The van der Waals surface area contributed by atoms with E-state index in [1.54, 1.807) is 37.4 Å². The number of amides is 1. The number of hydrogen-bond donors (Lipinski definition) is 1. The number of fused-ring (bicyclic) bond motifs is 1. The van der Waals surface area contributed by atoms with Crippen molar-refractivity contribution in [2.45, 2.75) is 20.1 Å². The number of nitrogens with zero attached hydrogens (tertiary/aromatic N) is 1. The summed E-state index contributed by atoms with van der Waals surface area (Å²) in [5.74, 6) is 1.28. The third-order valence-corrected chi connectivity index (χ3v) is 7.73. The minimum absolute atomic E-state index is 0.0395. The number of anilines is 1. The number of methoxy groups -OCH3 is 1. The first-order valence-corrected chi connectivity index (χ1v) is 14.7. The summed E-state index contributed by atoms with van der Waals surface area (Å²) in [4.78, 5) is 13.0. The first-order valence-electron chi connectivity index (χ1n) is 13.6. The molecule has 0 spiro atoms. The third-order valence-electron chi connectivity index (χ3n) is 6.92. The fourth-order valence-corrected chi connectivity index (χ4v) is 5.41. The second-order valence-electron chi connectivity index (χ2n) is 9.83. The summed E-state index contributed by atoms with van der Waals surface area (Å²) in [5.41, 5.74) is 4.48. The molecule has 5 aromatic carbocycles. The minimum atomic E-state index is -0.513. The summed E-state index contributed by atoms with van der Waals surface area (Å²) in [6.45, 7) is 2.89. The van der Waals surface area contributed by atoms with Gasteiger partial charge in [0.05, 0.1) is 10.7 Å². The number of halogens is 1. The third kappa shape index (κ3) is 7.34. The van der Waals surface area contributed by atoms with E-state index in [4.69, 9.17) is 14.2 Å². The van der Waals surface area contributed by atoms with Gasteiger partial charge < -0.3 is 19.5 Å². The zero-order chi connectivity index (χ0) is 30.2. The lowest BCUT2D eigenvalue weighted by atomic mass is 10.0. The number of hydrogen-bond acceptors (Lipinski definition) is 5. The van der Waals surface area contributed by atoms with Crippen LogP contribution in [0.2, 0.25) is 0 Å². The smallest absolute Gasteiger partial charge is 0.266 e. The summed E-state index contributed by atoms with van der Waals surface area (Å²) in [6.07, 6.45) is 1.54. The van der Waals surface area contributed by atoms with Gasteiger partial charge in [-0.05, 0) is 99.5 Å². The first kappa shape index (κ1) is 29.7. The SMILES string of the molecule is COc1cc(/C=C(\C#N)C(=O)Nc2ccc(OCc3ccccc3)cc2)cc(I)c1OCc1c(C)ccc2ccccc12. The van der Waals surface area contributed by atoms with Crippen molar-refractivity contribution >= 4 is 51.0 Å². The van der Waals surface area contributed by atoms with Gasteiger partial charge in [-0.2, -0.15) is 5.26 Å². The molecule has 0 heterocycles. The molecule has 0 radical (unpaired) electrons. The van der Waals surface area contributed by atoms with Crippen LogP contribution in [0.4, 0.5) is 5.69 Å². The molecule has 0 aromatic heterocycles. The maximum atomic E-state index is 13.0. The quantitative estimate of drug-likeness (QED) is 0.0910. The molecule has 0 aliphatic rings. The van der Waals surface area contributed by atoms with E-state index >= 15 is 0 Å². The molecule has 214 valence electrons. The predicted octanol–water partition coefficient (Wildman–Crippen LogP) is 8.47. The number of carbonyl (C=O) groups excluding carboxylic acids is 1. The van der Waals surface area contributed by atoms with E-state index in [0.717, 1.165) is 31.0 Å². The Morgan fingerprint density at radius 2 is 1.65 bits per heavy atom. The average Bonchev–Trinajstić information content (AvgIpc) is 3.03. The number of rotatable bonds is 10. The molecule has 0 saturated heterocycles. The van der Waals surface area contributed by atoms with Crippen LogP contribution in [-0.2, 0) is 18.0 Å². The van der Waals surface area contributed by atoms with Gasteiger partial charge in [-0.1, -0.05) is 66.7 Å². The van der Waals surface area contributed by atoms with Crippen molar-refractivity contribution in [1.29, 1.82) is 5.26 Å². The fourth-order valence-electron chi connectivity index (χ4n) is 4.63. The van der Waals surface area contributed by atoms with Crippen LogP contribution >= 0.6 is 22.6 Å². The van der Waals surface area contributed by atoms with Gasteiger partial charge in [-0.3, -0.25) is 4.79 Å². The number of ether oxygens (including phenoxy) is 3. The second-order valence-corrected chi connectivity index (χ2v) is 11.0. The molecule has 0 saturated carbocycles. The Labute approximate surface area is 264 Å². The fraction of sp³-hybridized carbons (Fsp3) is 0.111. The molecule has 0 aliphatic heterocycles. The molecule has 43 heavy (non-hydrogen) atoms. The molecule has 7 heteroatoms. The normalized spacial score (nSPS) is 11.1. The lowest BCUT2D eigenvalue weighted by molar-refractivity contribution is -0.112. The topological polar surface area (TPSA) is 80.6 Å². The van der Waals surface area contributed by atoms with Crippen LogP contribution in [0.15, 0.2) is 109 Å². The van der Waals surface area contributed by atoms with E-state index in [9.17, 15) is 10.1 Å². The first-order chi connectivity index (χ1) is 20.9. The maximum absolute atomic E-state index is 13.0. The Bertz CT molecular complexity index is 1830. The summed E-state index contributed by atoms with van der Waals surface area (Å²) in [5, 5.41) is 14.9. The van der Waals surface area contributed by atoms with Gasteiger partial charge >= 0.3 is 0 Å². The zero-order valence-electron chi connectivity index (χ0n) is 23.8. The van der Waals surface area contributed by atoms with Crippen molar-refractivity contribution in [3.8, 4) is 23.3 Å². The van der Waals surface area contributed by atoms with Crippen LogP contribution in [0.3, 0.4) is 0 Å². The molecule has 0 fully saturated rings. The average molecular weight is 681 g/mol. The van der Waals surface area contributed by atoms with Crippen molar-refractivity contribution in [2.75, 3.05) is 12.4 Å². The highest BCUT2D eigenvalue weighted by Gasteiger charge is 2.15. The second kappa shape index (κ2) is 13.9.